The first-order valence-corrected chi connectivity index (χ1v) is 7.46. The van der Waals surface area contributed by atoms with Gasteiger partial charge < -0.3 is 11.1 Å². The molecule has 4 heteroatoms. The lowest BCUT2D eigenvalue weighted by molar-refractivity contribution is 0.422. The Bertz CT molecular complexity index is 299. The molecule has 0 saturated heterocycles. The molecule has 0 bridgehead atoms. The number of rotatable bonds is 9. The Kier molecular flexibility index (Phi) is 7.40. The summed E-state index contributed by atoms with van der Waals surface area (Å²) in [7, 11) is 0. The van der Waals surface area contributed by atoms with Gasteiger partial charge in [-0.25, -0.2) is 4.98 Å². The predicted octanol–water partition coefficient (Wildman–Crippen LogP) is 2.70. The first kappa shape index (κ1) is 14.6. The molecule has 1 atom stereocenters. The van der Waals surface area contributed by atoms with E-state index >= 15 is 0 Å². The van der Waals surface area contributed by atoms with Crippen LogP contribution in [0, 0.1) is 12.8 Å². The van der Waals surface area contributed by atoms with E-state index in [1.807, 2.05) is 6.92 Å². The highest BCUT2D eigenvalue weighted by Crippen LogP contribution is 2.14. The van der Waals surface area contributed by atoms with Crippen molar-refractivity contribution in [2.45, 2.75) is 46.1 Å². The Morgan fingerprint density at radius 1 is 1.47 bits per heavy atom. The molecule has 0 saturated carbocycles. The van der Waals surface area contributed by atoms with Crippen LogP contribution >= 0.6 is 11.3 Å². The van der Waals surface area contributed by atoms with Gasteiger partial charge in [-0.1, -0.05) is 13.3 Å². The number of hydrogen-bond acceptors (Lipinski definition) is 4. The summed E-state index contributed by atoms with van der Waals surface area (Å²) in [6, 6.07) is 0. The van der Waals surface area contributed by atoms with Gasteiger partial charge in [0.2, 0.25) is 0 Å². The van der Waals surface area contributed by atoms with Gasteiger partial charge in [-0.2, -0.15) is 0 Å². The fraction of sp³-hybridized carbons (Fsp3) is 0.769. The summed E-state index contributed by atoms with van der Waals surface area (Å²) in [5, 5.41) is 6.75. The zero-order chi connectivity index (χ0) is 12.5. The second-order valence-electron chi connectivity index (χ2n) is 4.55. The SMILES string of the molecule is CCC(CCN)CCCNCc1nc(C)cs1. The normalized spacial score (nSPS) is 12.9. The topological polar surface area (TPSA) is 50.9 Å². The summed E-state index contributed by atoms with van der Waals surface area (Å²) < 4.78 is 0. The second-order valence-corrected chi connectivity index (χ2v) is 5.50. The van der Waals surface area contributed by atoms with E-state index in [-0.39, 0.29) is 0 Å². The molecule has 0 aliphatic heterocycles. The molecule has 3 N–H and O–H groups in total. The third-order valence-electron chi connectivity index (χ3n) is 3.06. The maximum Gasteiger partial charge on any atom is 0.107 e. The lowest BCUT2D eigenvalue weighted by Gasteiger charge is -2.13. The van der Waals surface area contributed by atoms with Crippen molar-refractivity contribution in [1.82, 2.24) is 10.3 Å². The molecule has 0 amide bonds. The van der Waals surface area contributed by atoms with Crippen LogP contribution in [0.1, 0.15) is 43.3 Å². The van der Waals surface area contributed by atoms with E-state index < -0.39 is 0 Å². The van der Waals surface area contributed by atoms with Gasteiger partial charge in [-0.05, 0) is 45.2 Å². The first-order chi connectivity index (χ1) is 8.26. The highest BCUT2D eigenvalue weighted by molar-refractivity contribution is 7.09. The molecule has 0 aromatic carbocycles. The predicted molar refractivity (Wildman–Crippen MR) is 75.2 cm³/mol. The van der Waals surface area contributed by atoms with Gasteiger partial charge in [-0.15, -0.1) is 11.3 Å². The Balaban J connectivity index is 2.04. The van der Waals surface area contributed by atoms with Gasteiger partial charge in [0, 0.05) is 17.6 Å². The van der Waals surface area contributed by atoms with Crippen LogP contribution < -0.4 is 11.1 Å². The van der Waals surface area contributed by atoms with E-state index in [9.17, 15) is 0 Å². The third-order valence-corrected chi connectivity index (χ3v) is 4.03. The van der Waals surface area contributed by atoms with Gasteiger partial charge in [0.05, 0.1) is 0 Å². The molecule has 1 aromatic heterocycles. The molecule has 0 fully saturated rings. The minimum atomic E-state index is 0.809. The average Bonchev–Trinajstić information content (AvgIpc) is 2.73. The highest BCUT2D eigenvalue weighted by atomic mass is 32.1. The third kappa shape index (κ3) is 6.15. The van der Waals surface area contributed by atoms with Crippen LogP contribution in [0.15, 0.2) is 5.38 Å². The maximum atomic E-state index is 5.59. The monoisotopic (exact) mass is 255 g/mol. The lowest BCUT2D eigenvalue weighted by Crippen LogP contribution is -2.16. The van der Waals surface area contributed by atoms with E-state index in [0.717, 1.165) is 31.2 Å². The van der Waals surface area contributed by atoms with Crippen molar-refractivity contribution in [3.63, 3.8) is 0 Å². The first-order valence-electron chi connectivity index (χ1n) is 6.58. The zero-order valence-corrected chi connectivity index (χ0v) is 11.9. The average molecular weight is 255 g/mol. The van der Waals surface area contributed by atoms with Crippen molar-refractivity contribution < 1.29 is 0 Å². The number of nitrogens with one attached hydrogen (secondary N) is 1. The minimum Gasteiger partial charge on any atom is -0.330 e. The second kappa shape index (κ2) is 8.61. The van der Waals surface area contributed by atoms with Gasteiger partial charge in [0.25, 0.3) is 0 Å². The lowest BCUT2D eigenvalue weighted by atomic mass is 9.97. The van der Waals surface area contributed by atoms with E-state index in [4.69, 9.17) is 5.73 Å². The van der Waals surface area contributed by atoms with Crippen molar-refractivity contribution in [2.24, 2.45) is 11.7 Å². The summed E-state index contributed by atoms with van der Waals surface area (Å²) in [5.41, 5.74) is 6.72. The molecule has 1 heterocycles. The minimum absolute atomic E-state index is 0.809. The molecular weight excluding hydrogens is 230 g/mol. The molecule has 1 unspecified atom stereocenters. The molecule has 0 radical (unpaired) electrons. The summed E-state index contributed by atoms with van der Waals surface area (Å²) in [4.78, 5) is 4.43. The Morgan fingerprint density at radius 3 is 2.88 bits per heavy atom. The molecule has 3 nitrogen and oxygen atoms in total. The fourth-order valence-corrected chi connectivity index (χ4v) is 2.72. The van der Waals surface area contributed by atoms with Gasteiger partial charge in [-0.3, -0.25) is 0 Å². The van der Waals surface area contributed by atoms with E-state index in [2.05, 4.69) is 22.6 Å². The number of nitrogens with zero attached hydrogens (tertiary/aromatic N) is 1. The summed E-state index contributed by atoms with van der Waals surface area (Å²) in [6.45, 7) is 7.11. The van der Waals surface area contributed by atoms with Crippen molar-refractivity contribution in [3.05, 3.63) is 16.1 Å². The van der Waals surface area contributed by atoms with Crippen molar-refractivity contribution in [3.8, 4) is 0 Å². The highest BCUT2D eigenvalue weighted by Gasteiger charge is 2.04. The van der Waals surface area contributed by atoms with Gasteiger partial charge in [0.15, 0.2) is 0 Å². The molecule has 98 valence electrons. The van der Waals surface area contributed by atoms with Crippen molar-refractivity contribution >= 4 is 11.3 Å². The van der Waals surface area contributed by atoms with Crippen LogP contribution in [0.5, 0.6) is 0 Å². The van der Waals surface area contributed by atoms with E-state index in [1.165, 1.54) is 30.7 Å². The van der Waals surface area contributed by atoms with E-state index in [1.54, 1.807) is 11.3 Å². The van der Waals surface area contributed by atoms with Crippen LogP contribution in [-0.4, -0.2) is 18.1 Å². The number of aryl methyl sites for hydroxylation is 1. The number of aromatic nitrogens is 1. The number of hydrogen-bond donors (Lipinski definition) is 2. The summed E-state index contributed by atoms with van der Waals surface area (Å²) in [6.07, 6.45) is 4.95. The molecule has 0 spiro atoms. The maximum absolute atomic E-state index is 5.59. The largest absolute Gasteiger partial charge is 0.330 e. The van der Waals surface area contributed by atoms with Crippen LogP contribution in [0.25, 0.3) is 0 Å². The van der Waals surface area contributed by atoms with Crippen LogP contribution in [0.2, 0.25) is 0 Å². The Morgan fingerprint density at radius 2 is 2.29 bits per heavy atom. The standard InChI is InChI=1S/C13H25N3S/c1-3-12(6-7-14)5-4-8-15-9-13-16-11(2)10-17-13/h10,12,15H,3-9,14H2,1-2H3. The fourth-order valence-electron chi connectivity index (χ4n) is 1.98. The molecule has 1 rings (SSSR count). The van der Waals surface area contributed by atoms with E-state index in [0.29, 0.717) is 0 Å². The van der Waals surface area contributed by atoms with Gasteiger partial charge in [0.1, 0.15) is 5.01 Å². The van der Waals surface area contributed by atoms with Crippen molar-refractivity contribution in [2.75, 3.05) is 13.1 Å². The quantitative estimate of drug-likeness (QED) is 0.667. The molecule has 0 aliphatic rings. The molecule has 0 aliphatic carbocycles. The van der Waals surface area contributed by atoms with Crippen molar-refractivity contribution in [1.29, 1.82) is 0 Å². The number of nitrogens with two attached hydrogens (primary N) is 1. The number of thiazole rings is 1. The van der Waals surface area contributed by atoms with Gasteiger partial charge >= 0.3 is 0 Å². The molecular formula is C13H25N3S. The smallest absolute Gasteiger partial charge is 0.107 e. The van der Waals surface area contributed by atoms with Crippen LogP contribution in [-0.2, 0) is 6.54 Å². The van der Waals surface area contributed by atoms with Crippen LogP contribution in [0.4, 0.5) is 0 Å². The van der Waals surface area contributed by atoms with Crippen LogP contribution in [0.3, 0.4) is 0 Å². The Labute approximate surface area is 109 Å². The summed E-state index contributed by atoms with van der Waals surface area (Å²) >= 11 is 1.74. The molecule has 1 aromatic rings. The Hall–Kier alpha value is -0.450. The summed E-state index contributed by atoms with van der Waals surface area (Å²) in [5.74, 6) is 0.809. The molecule has 17 heavy (non-hydrogen) atoms. The zero-order valence-electron chi connectivity index (χ0n) is 11.0.